The topological polar surface area (TPSA) is 55.9 Å². The molecule has 0 saturated heterocycles. The molecule has 17 heavy (non-hydrogen) atoms. The van der Waals surface area contributed by atoms with Crippen LogP contribution in [0.5, 0.6) is 0 Å². The van der Waals surface area contributed by atoms with Gasteiger partial charge in [-0.05, 0) is 25.5 Å². The van der Waals surface area contributed by atoms with Gasteiger partial charge in [-0.3, -0.25) is 0 Å². The van der Waals surface area contributed by atoms with E-state index in [4.69, 9.17) is 4.42 Å². The second kappa shape index (κ2) is 5.63. The summed E-state index contributed by atoms with van der Waals surface area (Å²) in [6, 6.07) is 3.95. The van der Waals surface area contributed by atoms with E-state index in [2.05, 4.69) is 22.3 Å². The Bertz CT molecular complexity index is 461. The van der Waals surface area contributed by atoms with Gasteiger partial charge in [-0.1, -0.05) is 6.92 Å². The maximum absolute atomic E-state index is 5.48. The predicted molar refractivity (Wildman–Crippen MR) is 64.3 cm³/mol. The third-order valence-electron chi connectivity index (χ3n) is 2.51. The molecular formula is C12H18N4O. The van der Waals surface area contributed by atoms with Crippen LogP contribution in [-0.2, 0) is 19.6 Å². The van der Waals surface area contributed by atoms with Crippen LogP contribution >= 0.6 is 0 Å². The van der Waals surface area contributed by atoms with E-state index in [0.29, 0.717) is 13.1 Å². The van der Waals surface area contributed by atoms with Crippen molar-refractivity contribution < 1.29 is 4.42 Å². The maximum atomic E-state index is 5.48. The van der Waals surface area contributed by atoms with Crippen LogP contribution in [0.4, 0.5) is 0 Å². The van der Waals surface area contributed by atoms with E-state index in [-0.39, 0.29) is 0 Å². The lowest BCUT2D eigenvalue weighted by Gasteiger charge is -2.05. The van der Waals surface area contributed by atoms with Crippen molar-refractivity contribution in [3.05, 3.63) is 35.8 Å². The van der Waals surface area contributed by atoms with Gasteiger partial charge < -0.3 is 9.73 Å². The molecule has 0 fully saturated rings. The average Bonchev–Trinajstić information content (AvgIpc) is 2.90. The predicted octanol–water partition coefficient (Wildman–Crippen LogP) is 1.88. The first-order valence-electron chi connectivity index (χ1n) is 5.92. The number of hydrogen-bond donors (Lipinski definition) is 1. The molecule has 2 aromatic heterocycles. The van der Waals surface area contributed by atoms with Gasteiger partial charge in [0.2, 0.25) is 0 Å². The van der Waals surface area contributed by atoms with Gasteiger partial charge in [0, 0.05) is 6.54 Å². The van der Waals surface area contributed by atoms with E-state index in [9.17, 15) is 0 Å². The Hall–Kier alpha value is -1.62. The van der Waals surface area contributed by atoms with Gasteiger partial charge in [0.05, 0.1) is 13.1 Å². The molecule has 0 saturated carbocycles. The number of aryl methyl sites for hydroxylation is 2. The van der Waals surface area contributed by atoms with E-state index in [0.717, 1.165) is 30.3 Å². The highest BCUT2D eigenvalue weighted by molar-refractivity contribution is 5.05. The van der Waals surface area contributed by atoms with Crippen LogP contribution < -0.4 is 5.32 Å². The largest absolute Gasteiger partial charge is 0.465 e. The Kier molecular flexibility index (Phi) is 3.93. The van der Waals surface area contributed by atoms with Gasteiger partial charge in [0.15, 0.2) is 0 Å². The number of furan rings is 1. The minimum Gasteiger partial charge on any atom is -0.465 e. The minimum absolute atomic E-state index is 0.708. The highest BCUT2D eigenvalue weighted by atomic mass is 16.3. The van der Waals surface area contributed by atoms with Gasteiger partial charge in [-0.15, -0.1) is 0 Å². The van der Waals surface area contributed by atoms with Crippen molar-refractivity contribution in [3.8, 4) is 0 Å². The highest BCUT2D eigenvalue weighted by Gasteiger charge is 2.03. The molecule has 2 aromatic rings. The number of nitrogens with one attached hydrogen (secondary N) is 1. The van der Waals surface area contributed by atoms with Crippen molar-refractivity contribution in [2.45, 2.75) is 39.9 Å². The lowest BCUT2D eigenvalue weighted by atomic mass is 10.4. The second-order valence-corrected chi connectivity index (χ2v) is 4.02. The lowest BCUT2D eigenvalue weighted by Crippen LogP contribution is -2.17. The molecular weight excluding hydrogens is 216 g/mol. The molecule has 2 rings (SSSR count). The summed E-state index contributed by atoms with van der Waals surface area (Å²) in [4.78, 5) is 4.23. The second-order valence-electron chi connectivity index (χ2n) is 4.02. The van der Waals surface area contributed by atoms with E-state index in [1.807, 2.05) is 23.7 Å². The van der Waals surface area contributed by atoms with Crippen molar-refractivity contribution in [2.75, 3.05) is 0 Å². The Labute approximate surface area is 101 Å². The normalized spacial score (nSPS) is 10.9. The Morgan fingerprint density at radius 3 is 2.94 bits per heavy atom. The molecule has 0 bridgehead atoms. The molecule has 0 atom stereocenters. The standard InChI is InChI=1S/C12H18N4O/c1-3-6-16-12(14-9-15-16)8-13-7-11-5-4-10(2)17-11/h4-5,9,13H,3,6-8H2,1-2H3. The SMILES string of the molecule is CCCn1ncnc1CNCc1ccc(C)o1. The quantitative estimate of drug-likeness (QED) is 0.829. The maximum Gasteiger partial charge on any atom is 0.140 e. The summed E-state index contributed by atoms with van der Waals surface area (Å²) in [7, 11) is 0. The summed E-state index contributed by atoms with van der Waals surface area (Å²) < 4.78 is 7.41. The monoisotopic (exact) mass is 234 g/mol. The number of nitrogens with zero attached hydrogens (tertiary/aromatic N) is 3. The first-order valence-corrected chi connectivity index (χ1v) is 5.92. The highest BCUT2D eigenvalue weighted by Crippen LogP contribution is 2.05. The molecule has 0 aliphatic rings. The van der Waals surface area contributed by atoms with Crippen LogP contribution in [0.2, 0.25) is 0 Å². The van der Waals surface area contributed by atoms with E-state index < -0.39 is 0 Å². The van der Waals surface area contributed by atoms with Crippen LogP contribution in [0.3, 0.4) is 0 Å². The smallest absolute Gasteiger partial charge is 0.140 e. The number of aromatic nitrogens is 3. The van der Waals surface area contributed by atoms with Gasteiger partial charge in [-0.2, -0.15) is 5.10 Å². The average molecular weight is 234 g/mol. The molecule has 5 nitrogen and oxygen atoms in total. The first kappa shape index (κ1) is 11.9. The lowest BCUT2D eigenvalue weighted by molar-refractivity contribution is 0.454. The molecule has 0 aliphatic heterocycles. The summed E-state index contributed by atoms with van der Waals surface area (Å²) in [6.07, 6.45) is 2.66. The van der Waals surface area contributed by atoms with Crippen molar-refractivity contribution in [3.63, 3.8) is 0 Å². The number of rotatable bonds is 6. The Balaban J connectivity index is 1.83. The van der Waals surface area contributed by atoms with E-state index >= 15 is 0 Å². The first-order chi connectivity index (χ1) is 8.29. The van der Waals surface area contributed by atoms with Gasteiger partial charge in [0.25, 0.3) is 0 Å². The summed E-state index contributed by atoms with van der Waals surface area (Å²) in [5.74, 6) is 2.86. The molecule has 0 aromatic carbocycles. The zero-order chi connectivity index (χ0) is 12.1. The summed E-state index contributed by atoms with van der Waals surface area (Å²) in [5.41, 5.74) is 0. The molecule has 0 amide bonds. The third kappa shape index (κ3) is 3.17. The van der Waals surface area contributed by atoms with Crippen molar-refractivity contribution >= 4 is 0 Å². The summed E-state index contributed by atoms with van der Waals surface area (Å²) >= 11 is 0. The molecule has 0 spiro atoms. The van der Waals surface area contributed by atoms with E-state index in [1.54, 1.807) is 6.33 Å². The van der Waals surface area contributed by atoms with Gasteiger partial charge in [-0.25, -0.2) is 9.67 Å². The van der Waals surface area contributed by atoms with Gasteiger partial charge in [0.1, 0.15) is 23.7 Å². The van der Waals surface area contributed by atoms with E-state index in [1.165, 1.54) is 0 Å². The van der Waals surface area contributed by atoms with Crippen LogP contribution in [0.25, 0.3) is 0 Å². The molecule has 1 N–H and O–H groups in total. The summed E-state index contributed by atoms with van der Waals surface area (Å²) in [5, 5.41) is 7.48. The van der Waals surface area contributed by atoms with Crippen LogP contribution in [-0.4, -0.2) is 14.8 Å². The number of hydrogen-bond acceptors (Lipinski definition) is 4. The molecule has 0 aliphatic carbocycles. The minimum atomic E-state index is 0.708. The fourth-order valence-electron chi connectivity index (χ4n) is 1.70. The van der Waals surface area contributed by atoms with Crippen molar-refractivity contribution in [1.82, 2.24) is 20.1 Å². The van der Waals surface area contributed by atoms with Crippen LogP contribution in [0.15, 0.2) is 22.9 Å². The third-order valence-corrected chi connectivity index (χ3v) is 2.51. The molecule has 5 heteroatoms. The fourth-order valence-corrected chi connectivity index (χ4v) is 1.70. The van der Waals surface area contributed by atoms with Crippen LogP contribution in [0, 0.1) is 6.92 Å². The molecule has 0 unspecified atom stereocenters. The Morgan fingerprint density at radius 1 is 1.35 bits per heavy atom. The fraction of sp³-hybridized carbons (Fsp3) is 0.500. The summed E-state index contributed by atoms with van der Waals surface area (Å²) in [6.45, 7) is 6.41. The zero-order valence-electron chi connectivity index (χ0n) is 10.3. The molecule has 0 radical (unpaired) electrons. The molecule has 92 valence electrons. The molecule has 2 heterocycles. The van der Waals surface area contributed by atoms with Crippen molar-refractivity contribution in [2.24, 2.45) is 0 Å². The Morgan fingerprint density at radius 2 is 2.24 bits per heavy atom. The van der Waals surface area contributed by atoms with Crippen molar-refractivity contribution in [1.29, 1.82) is 0 Å². The zero-order valence-corrected chi connectivity index (χ0v) is 10.3. The van der Waals surface area contributed by atoms with Gasteiger partial charge >= 0.3 is 0 Å². The van der Waals surface area contributed by atoms with Crippen LogP contribution in [0.1, 0.15) is 30.7 Å².